The summed E-state index contributed by atoms with van der Waals surface area (Å²) in [5.74, 6) is 1.51. The molecule has 3 rings (SSSR count). The predicted molar refractivity (Wildman–Crippen MR) is 137 cm³/mol. The average Bonchev–Trinajstić information content (AvgIpc) is 3.25. The van der Waals surface area contributed by atoms with Crippen LogP contribution >= 0.6 is 24.0 Å². The Morgan fingerprint density at radius 3 is 2.58 bits per heavy atom. The molecule has 0 saturated carbocycles. The summed E-state index contributed by atoms with van der Waals surface area (Å²) in [5, 5.41) is 11.4. The minimum atomic E-state index is 0. The molecule has 1 aromatic heterocycles. The van der Waals surface area contributed by atoms with Gasteiger partial charge in [0, 0.05) is 44.0 Å². The first-order chi connectivity index (χ1) is 14.7. The summed E-state index contributed by atoms with van der Waals surface area (Å²) < 4.78 is 7.43. The van der Waals surface area contributed by atoms with E-state index in [0.717, 1.165) is 63.0 Å². The fourth-order valence-electron chi connectivity index (χ4n) is 3.74. The molecule has 1 saturated heterocycles. The van der Waals surface area contributed by atoms with Gasteiger partial charge in [0.2, 0.25) is 0 Å². The van der Waals surface area contributed by atoms with Crippen molar-refractivity contribution in [2.45, 2.75) is 39.8 Å². The van der Waals surface area contributed by atoms with Crippen LogP contribution in [-0.4, -0.2) is 66.1 Å². The van der Waals surface area contributed by atoms with Gasteiger partial charge in [0.1, 0.15) is 0 Å². The topological polar surface area (TPSA) is 66.7 Å². The van der Waals surface area contributed by atoms with E-state index in [9.17, 15) is 0 Å². The molecule has 0 spiro atoms. The van der Waals surface area contributed by atoms with Crippen LogP contribution in [0.2, 0.25) is 0 Å². The van der Waals surface area contributed by atoms with E-state index < -0.39 is 0 Å². The van der Waals surface area contributed by atoms with Crippen molar-refractivity contribution in [1.82, 2.24) is 25.3 Å². The van der Waals surface area contributed by atoms with Crippen LogP contribution in [0.3, 0.4) is 0 Å². The van der Waals surface area contributed by atoms with Crippen molar-refractivity contribution in [2.75, 3.05) is 39.4 Å². The quantitative estimate of drug-likeness (QED) is 0.291. The molecule has 2 heterocycles. The summed E-state index contributed by atoms with van der Waals surface area (Å²) in [6.45, 7) is 12.6. The van der Waals surface area contributed by atoms with Crippen molar-refractivity contribution in [3.05, 3.63) is 48.3 Å². The normalized spacial score (nSPS) is 16.1. The van der Waals surface area contributed by atoms with E-state index >= 15 is 0 Å². The first-order valence-electron chi connectivity index (χ1n) is 11.1. The highest BCUT2D eigenvalue weighted by Crippen LogP contribution is 2.13. The molecule has 2 N–H and O–H groups in total. The molecule has 0 bridgehead atoms. The second kappa shape index (κ2) is 13.7. The molecule has 7 nitrogen and oxygen atoms in total. The van der Waals surface area contributed by atoms with Gasteiger partial charge in [-0.25, -0.2) is 9.67 Å². The Balaban J connectivity index is 0.00000341. The average molecular weight is 540 g/mol. The molecule has 0 amide bonds. The van der Waals surface area contributed by atoms with Gasteiger partial charge in [-0.1, -0.05) is 32.0 Å². The molecule has 8 heteroatoms. The number of hydrogen-bond donors (Lipinski definition) is 2. The van der Waals surface area contributed by atoms with E-state index in [1.807, 2.05) is 47.4 Å². The second-order valence-electron chi connectivity index (χ2n) is 8.14. The Kier molecular flexibility index (Phi) is 11.3. The van der Waals surface area contributed by atoms with Crippen molar-refractivity contribution < 1.29 is 4.74 Å². The van der Waals surface area contributed by atoms with Crippen molar-refractivity contribution in [3.8, 4) is 5.69 Å². The molecule has 2 aromatic rings. The van der Waals surface area contributed by atoms with Crippen LogP contribution in [-0.2, 0) is 11.3 Å². The van der Waals surface area contributed by atoms with Crippen molar-refractivity contribution in [2.24, 2.45) is 10.9 Å². The van der Waals surface area contributed by atoms with Gasteiger partial charge in [-0.15, -0.1) is 24.0 Å². The summed E-state index contributed by atoms with van der Waals surface area (Å²) in [4.78, 5) is 7.33. The summed E-state index contributed by atoms with van der Waals surface area (Å²) >= 11 is 0. The van der Waals surface area contributed by atoms with Gasteiger partial charge in [0.25, 0.3) is 0 Å². The Morgan fingerprint density at radius 2 is 1.90 bits per heavy atom. The molecule has 1 aliphatic heterocycles. The van der Waals surface area contributed by atoms with Crippen LogP contribution in [0.1, 0.15) is 32.8 Å². The number of hydrogen-bond acceptors (Lipinski definition) is 4. The third-order valence-electron chi connectivity index (χ3n) is 5.23. The lowest BCUT2D eigenvalue weighted by atomic mass is 10.0. The summed E-state index contributed by atoms with van der Waals surface area (Å²) in [7, 11) is 0. The van der Waals surface area contributed by atoms with Crippen molar-refractivity contribution >= 4 is 29.9 Å². The number of benzene rings is 1. The number of aliphatic imine (C=N–C) groups is 1. The number of rotatable bonds is 9. The lowest BCUT2D eigenvalue weighted by Crippen LogP contribution is -2.51. The van der Waals surface area contributed by atoms with E-state index in [1.165, 1.54) is 0 Å². The largest absolute Gasteiger partial charge is 0.379 e. The summed E-state index contributed by atoms with van der Waals surface area (Å²) in [5.41, 5.74) is 2.14. The number of aromatic nitrogens is 2. The Hall–Kier alpha value is -1.65. The van der Waals surface area contributed by atoms with Gasteiger partial charge in [-0.2, -0.15) is 5.10 Å². The lowest BCUT2D eigenvalue weighted by Gasteiger charge is -2.35. The molecule has 0 radical (unpaired) electrons. The molecule has 1 aliphatic rings. The van der Waals surface area contributed by atoms with E-state index in [0.29, 0.717) is 18.5 Å². The summed E-state index contributed by atoms with van der Waals surface area (Å²) in [6, 6.07) is 10.6. The van der Waals surface area contributed by atoms with E-state index in [1.54, 1.807) is 0 Å². The first-order valence-corrected chi connectivity index (χ1v) is 11.1. The SMILES string of the molecule is CCNC(=NCc1cnn(-c2ccccc2)c1)NCC(CC(C)C)N1CCOCC1.I. The molecular formula is C23H37IN6O. The number of halogens is 1. The van der Waals surface area contributed by atoms with Crippen LogP contribution in [0.4, 0.5) is 0 Å². The van der Waals surface area contributed by atoms with Gasteiger partial charge in [0.15, 0.2) is 5.96 Å². The van der Waals surface area contributed by atoms with Crippen molar-refractivity contribution in [3.63, 3.8) is 0 Å². The van der Waals surface area contributed by atoms with Crippen LogP contribution in [0.25, 0.3) is 5.69 Å². The smallest absolute Gasteiger partial charge is 0.191 e. The highest BCUT2D eigenvalue weighted by atomic mass is 127. The Labute approximate surface area is 203 Å². The Bertz CT molecular complexity index is 773. The van der Waals surface area contributed by atoms with Crippen LogP contribution in [0.5, 0.6) is 0 Å². The van der Waals surface area contributed by atoms with Crippen molar-refractivity contribution in [1.29, 1.82) is 0 Å². The maximum atomic E-state index is 5.53. The molecule has 1 aromatic carbocycles. The molecular weight excluding hydrogens is 503 g/mol. The number of ether oxygens (including phenoxy) is 1. The molecule has 31 heavy (non-hydrogen) atoms. The minimum Gasteiger partial charge on any atom is -0.379 e. The fourth-order valence-corrected chi connectivity index (χ4v) is 3.74. The molecule has 172 valence electrons. The third kappa shape index (κ3) is 8.42. The number of nitrogens with zero attached hydrogens (tertiary/aromatic N) is 4. The zero-order valence-corrected chi connectivity index (χ0v) is 21.3. The number of morpholine rings is 1. The number of guanidine groups is 1. The predicted octanol–water partition coefficient (Wildman–Crippen LogP) is 3.29. The maximum absolute atomic E-state index is 5.53. The molecule has 1 atom stereocenters. The summed E-state index contributed by atoms with van der Waals surface area (Å²) in [6.07, 6.45) is 5.09. The lowest BCUT2D eigenvalue weighted by molar-refractivity contribution is 0.0132. The standard InChI is InChI=1S/C23H36N6O.HI/c1-4-24-23(26-17-22(14-19(2)3)28-10-12-30-13-11-28)25-15-20-16-27-29(18-20)21-8-6-5-7-9-21;/h5-9,16,18-19,22H,4,10-15,17H2,1-3H3,(H2,24,25,26);1H. The highest BCUT2D eigenvalue weighted by molar-refractivity contribution is 14.0. The van der Waals surface area contributed by atoms with E-state index in [-0.39, 0.29) is 24.0 Å². The molecule has 0 aliphatic carbocycles. The van der Waals surface area contributed by atoms with E-state index in [4.69, 9.17) is 9.73 Å². The monoisotopic (exact) mass is 540 g/mol. The fraction of sp³-hybridized carbons (Fsp3) is 0.565. The Morgan fingerprint density at radius 1 is 1.16 bits per heavy atom. The van der Waals surface area contributed by atoms with Gasteiger partial charge in [-0.05, 0) is 31.4 Å². The van der Waals surface area contributed by atoms with E-state index in [2.05, 4.69) is 41.4 Å². The first kappa shape index (κ1) is 25.6. The van der Waals surface area contributed by atoms with Gasteiger partial charge < -0.3 is 15.4 Å². The number of nitrogens with one attached hydrogen (secondary N) is 2. The zero-order valence-electron chi connectivity index (χ0n) is 19.0. The number of para-hydroxylation sites is 1. The van der Waals surface area contributed by atoms with Crippen LogP contribution < -0.4 is 10.6 Å². The minimum absolute atomic E-state index is 0. The third-order valence-corrected chi connectivity index (χ3v) is 5.23. The van der Waals surface area contributed by atoms with Gasteiger partial charge in [-0.3, -0.25) is 4.90 Å². The maximum Gasteiger partial charge on any atom is 0.191 e. The van der Waals surface area contributed by atoms with Crippen LogP contribution in [0.15, 0.2) is 47.7 Å². The second-order valence-corrected chi connectivity index (χ2v) is 8.14. The van der Waals surface area contributed by atoms with Crippen LogP contribution in [0, 0.1) is 5.92 Å². The molecule has 1 unspecified atom stereocenters. The zero-order chi connectivity index (χ0) is 21.2. The van der Waals surface area contributed by atoms with Gasteiger partial charge >= 0.3 is 0 Å². The molecule has 1 fully saturated rings. The highest BCUT2D eigenvalue weighted by Gasteiger charge is 2.22. The van der Waals surface area contributed by atoms with Gasteiger partial charge in [0.05, 0.1) is 31.6 Å².